The number of aryl methyl sites for hydroxylation is 2. The van der Waals surface area contributed by atoms with Gasteiger partial charge in [0.15, 0.2) is 0 Å². The Kier molecular flexibility index (Phi) is 3.26. The Morgan fingerprint density at radius 3 is 2.72 bits per heavy atom. The number of aliphatic carboxylic acids is 1. The highest BCUT2D eigenvalue weighted by Crippen LogP contribution is 2.26. The number of carboxylic acids is 1. The van der Waals surface area contributed by atoms with Gasteiger partial charge in [0.05, 0.1) is 11.9 Å². The second-order valence-electron chi connectivity index (χ2n) is 4.17. The second kappa shape index (κ2) is 4.57. The predicted molar refractivity (Wildman–Crippen MR) is 73.0 cm³/mol. The monoisotopic (exact) mass is 309 g/mol. The summed E-state index contributed by atoms with van der Waals surface area (Å²) in [5.41, 5.74) is 1.61. The molecule has 0 amide bonds. The summed E-state index contributed by atoms with van der Waals surface area (Å²) in [6, 6.07) is 5.62. The topological polar surface area (TPSA) is 59.3 Å². The predicted octanol–water partition coefficient (Wildman–Crippen LogP) is 2.24. The lowest BCUT2D eigenvalue weighted by molar-refractivity contribution is -0.136. The van der Waals surface area contributed by atoms with E-state index in [9.17, 15) is 9.59 Å². The molecule has 0 saturated heterocycles. The molecule has 0 saturated carbocycles. The van der Waals surface area contributed by atoms with Gasteiger partial charge < -0.3 is 9.67 Å². The van der Waals surface area contributed by atoms with Crippen molar-refractivity contribution in [3.8, 4) is 0 Å². The van der Waals surface area contributed by atoms with Gasteiger partial charge in [-0.15, -0.1) is 0 Å². The number of hydrogen-bond acceptors (Lipinski definition) is 2. The zero-order chi connectivity index (χ0) is 13.4. The van der Waals surface area contributed by atoms with Crippen LogP contribution in [-0.2, 0) is 18.3 Å². The van der Waals surface area contributed by atoms with Crippen LogP contribution >= 0.6 is 15.9 Å². The maximum atomic E-state index is 12.2. The minimum Gasteiger partial charge on any atom is -0.481 e. The van der Waals surface area contributed by atoms with E-state index in [0.29, 0.717) is 5.56 Å². The summed E-state index contributed by atoms with van der Waals surface area (Å²) in [6.07, 6.45) is -0.249. The zero-order valence-corrected chi connectivity index (χ0v) is 11.6. The average Bonchev–Trinajstić information content (AvgIpc) is 2.31. The van der Waals surface area contributed by atoms with Gasteiger partial charge in [-0.25, -0.2) is 0 Å². The van der Waals surface area contributed by atoms with E-state index in [2.05, 4.69) is 15.9 Å². The van der Waals surface area contributed by atoms with Gasteiger partial charge in [0.25, 0.3) is 5.56 Å². The van der Waals surface area contributed by atoms with E-state index in [0.717, 1.165) is 20.9 Å². The standard InChI is InChI=1S/C13H12BrNO3/c1-7-8-4-3-5-10(14)12(8)15(2)13(18)9(7)6-11(16)17/h3-5H,6H2,1-2H3,(H,16,17). The van der Waals surface area contributed by atoms with Crippen LogP contribution < -0.4 is 5.56 Å². The molecular weight excluding hydrogens is 298 g/mol. The first kappa shape index (κ1) is 12.8. The lowest BCUT2D eigenvalue weighted by Crippen LogP contribution is -2.25. The largest absolute Gasteiger partial charge is 0.481 e. The first-order valence-electron chi connectivity index (χ1n) is 5.42. The lowest BCUT2D eigenvalue weighted by Gasteiger charge is -2.13. The third kappa shape index (κ3) is 1.95. The van der Waals surface area contributed by atoms with Gasteiger partial charge in [-0.3, -0.25) is 9.59 Å². The van der Waals surface area contributed by atoms with Gasteiger partial charge in [-0.2, -0.15) is 0 Å². The number of rotatable bonds is 2. The van der Waals surface area contributed by atoms with Crippen LogP contribution in [0.25, 0.3) is 10.9 Å². The quantitative estimate of drug-likeness (QED) is 0.925. The molecule has 0 fully saturated rings. The highest BCUT2D eigenvalue weighted by atomic mass is 79.9. The van der Waals surface area contributed by atoms with Gasteiger partial charge in [-0.1, -0.05) is 12.1 Å². The molecular formula is C13H12BrNO3. The molecule has 0 aliphatic rings. The van der Waals surface area contributed by atoms with E-state index in [4.69, 9.17) is 5.11 Å². The molecule has 5 heteroatoms. The van der Waals surface area contributed by atoms with Gasteiger partial charge in [0.2, 0.25) is 0 Å². The summed E-state index contributed by atoms with van der Waals surface area (Å²) in [5.74, 6) is -0.996. The van der Waals surface area contributed by atoms with Crippen LogP contribution in [0.4, 0.5) is 0 Å². The van der Waals surface area contributed by atoms with Crippen molar-refractivity contribution in [2.24, 2.45) is 7.05 Å². The van der Waals surface area contributed by atoms with E-state index in [1.165, 1.54) is 4.57 Å². The second-order valence-corrected chi connectivity index (χ2v) is 5.03. The molecule has 1 heterocycles. The molecule has 0 unspecified atom stereocenters. The Morgan fingerprint density at radius 1 is 1.44 bits per heavy atom. The van der Waals surface area contributed by atoms with E-state index in [-0.39, 0.29) is 12.0 Å². The fourth-order valence-corrected chi connectivity index (χ4v) is 2.78. The summed E-state index contributed by atoms with van der Waals surface area (Å²) in [5, 5.41) is 9.77. The molecule has 0 spiro atoms. The van der Waals surface area contributed by atoms with Crippen LogP contribution in [-0.4, -0.2) is 15.6 Å². The summed E-state index contributed by atoms with van der Waals surface area (Å²) in [7, 11) is 1.65. The number of halogens is 1. The number of nitrogens with zero attached hydrogens (tertiary/aromatic N) is 1. The highest BCUT2D eigenvalue weighted by Gasteiger charge is 2.15. The van der Waals surface area contributed by atoms with Crippen LogP contribution in [0.2, 0.25) is 0 Å². The summed E-state index contributed by atoms with van der Waals surface area (Å²) >= 11 is 3.42. The Hall–Kier alpha value is -1.62. The SMILES string of the molecule is Cc1c(CC(=O)O)c(=O)n(C)c2c(Br)cccc12. The van der Waals surface area contributed by atoms with Crippen molar-refractivity contribution in [1.82, 2.24) is 4.57 Å². The van der Waals surface area contributed by atoms with Gasteiger partial charge in [-0.05, 0) is 34.5 Å². The van der Waals surface area contributed by atoms with Crippen LogP contribution in [0.5, 0.6) is 0 Å². The van der Waals surface area contributed by atoms with Crippen LogP contribution in [0.3, 0.4) is 0 Å². The average molecular weight is 310 g/mol. The third-order valence-electron chi connectivity index (χ3n) is 3.07. The van der Waals surface area contributed by atoms with Crippen LogP contribution in [0.1, 0.15) is 11.1 Å². The Labute approximate surface area is 112 Å². The van der Waals surface area contributed by atoms with Gasteiger partial charge >= 0.3 is 5.97 Å². The van der Waals surface area contributed by atoms with E-state index in [1.54, 1.807) is 14.0 Å². The lowest BCUT2D eigenvalue weighted by atomic mass is 10.0. The number of hydrogen-bond donors (Lipinski definition) is 1. The molecule has 18 heavy (non-hydrogen) atoms. The molecule has 1 aromatic heterocycles. The normalized spacial score (nSPS) is 10.8. The molecule has 0 bridgehead atoms. The fourth-order valence-electron chi connectivity index (χ4n) is 2.15. The van der Waals surface area contributed by atoms with Crippen molar-refractivity contribution in [2.45, 2.75) is 13.3 Å². The zero-order valence-electron chi connectivity index (χ0n) is 10.0. The van der Waals surface area contributed by atoms with Crippen molar-refractivity contribution in [1.29, 1.82) is 0 Å². The number of aromatic nitrogens is 1. The van der Waals surface area contributed by atoms with Crippen LogP contribution in [0.15, 0.2) is 27.5 Å². The number of carbonyl (C=O) groups is 1. The molecule has 94 valence electrons. The minimum absolute atomic E-state index is 0.249. The first-order valence-corrected chi connectivity index (χ1v) is 6.21. The number of para-hydroxylation sites is 1. The Morgan fingerprint density at radius 2 is 2.11 bits per heavy atom. The maximum Gasteiger partial charge on any atom is 0.308 e. The van der Waals surface area contributed by atoms with Crippen molar-refractivity contribution in [2.75, 3.05) is 0 Å². The smallest absolute Gasteiger partial charge is 0.308 e. The molecule has 2 aromatic rings. The highest BCUT2D eigenvalue weighted by molar-refractivity contribution is 9.10. The van der Waals surface area contributed by atoms with E-state index in [1.807, 2.05) is 18.2 Å². The van der Waals surface area contributed by atoms with Crippen molar-refractivity contribution in [3.63, 3.8) is 0 Å². The molecule has 2 rings (SSSR count). The van der Waals surface area contributed by atoms with Crippen molar-refractivity contribution < 1.29 is 9.90 Å². The minimum atomic E-state index is -0.996. The molecule has 0 radical (unpaired) electrons. The van der Waals surface area contributed by atoms with E-state index >= 15 is 0 Å². The number of carboxylic acid groups (broad SMARTS) is 1. The summed E-state index contributed by atoms with van der Waals surface area (Å²) in [4.78, 5) is 23.0. The van der Waals surface area contributed by atoms with Crippen molar-refractivity contribution in [3.05, 3.63) is 44.2 Å². The fraction of sp³-hybridized carbons (Fsp3) is 0.231. The molecule has 4 nitrogen and oxygen atoms in total. The van der Waals surface area contributed by atoms with Gasteiger partial charge in [0.1, 0.15) is 0 Å². The molecule has 0 aliphatic carbocycles. The van der Waals surface area contributed by atoms with E-state index < -0.39 is 5.97 Å². The van der Waals surface area contributed by atoms with Crippen molar-refractivity contribution >= 4 is 32.8 Å². The first-order chi connectivity index (χ1) is 8.43. The Balaban J connectivity index is 2.92. The molecule has 1 aromatic carbocycles. The van der Waals surface area contributed by atoms with Crippen LogP contribution in [0, 0.1) is 6.92 Å². The summed E-state index contributed by atoms with van der Waals surface area (Å²) < 4.78 is 2.31. The Bertz CT molecular complexity index is 703. The number of benzene rings is 1. The summed E-state index contributed by atoms with van der Waals surface area (Å²) in [6.45, 7) is 1.79. The molecule has 1 N–H and O–H groups in total. The van der Waals surface area contributed by atoms with Gasteiger partial charge in [0, 0.05) is 22.5 Å². The number of fused-ring (bicyclic) bond motifs is 1. The third-order valence-corrected chi connectivity index (χ3v) is 3.71. The maximum absolute atomic E-state index is 12.2. The molecule has 0 atom stereocenters. The molecule has 0 aliphatic heterocycles. The number of pyridine rings is 1.